The summed E-state index contributed by atoms with van der Waals surface area (Å²) in [5, 5.41) is 0. The monoisotopic (exact) mass is 272 g/mol. The smallest absolute Gasteiger partial charge is 0.146 e. The molecule has 1 aromatic heterocycles. The van der Waals surface area contributed by atoms with E-state index in [0.717, 1.165) is 35.5 Å². The van der Waals surface area contributed by atoms with Gasteiger partial charge in [0.1, 0.15) is 11.6 Å². The topological polar surface area (TPSA) is 55.0 Å². The van der Waals surface area contributed by atoms with Crippen molar-refractivity contribution in [2.24, 2.45) is 5.73 Å². The van der Waals surface area contributed by atoms with Gasteiger partial charge in [-0.15, -0.1) is 0 Å². The molecule has 0 aliphatic carbocycles. The van der Waals surface area contributed by atoms with Gasteiger partial charge < -0.3 is 10.6 Å². The molecule has 4 nitrogen and oxygen atoms in total. The molecule has 0 atom stereocenters. The normalized spacial score (nSPS) is 10.4. The third kappa shape index (κ3) is 3.43. The van der Waals surface area contributed by atoms with Crippen molar-refractivity contribution in [3.05, 3.63) is 16.5 Å². The number of hydrogen-bond acceptors (Lipinski definition) is 4. The molecule has 0 aliphatic rings. The molecule has 0 fully saturated rings. The van der Waals surface area contributed by atoms with E-state index in [1.807, 2.05) is 14.0 Å². The van der Waals surface area contributed by atoms with E-state index in [1.165, 1.54) is 0 Å². The van der Waals surface area contributed by atoms with Crippen LogP contribution in [0.2, 0.25) is 0 Å². The predicted octanol–water partition coefficient (Wildman–Crippen LogP) is 1.59. The van der Waals surface area contributed by atoms with E-state index >= 15 is 0 Å². The van der Waals surface area contributed by atoms with Crippen LogP contribution in [0.5, 0.6) is 0 Å². The molecule has 0 spiro atoms. The summed E-state index contributed by atoms with van der Waals surface area (Å²) in [6, 6.07) is 0. The highest BCUT2D eigenvalue weighted by Crippen LogP contribution is 2.22. The molecule has 0 saturated heterocycles. The quantitative estimate of drug-likeness (QED) is 0.885. The first-order valence-electron chi connectivity index (χ1n) is 5.11. The van der Waals surface area contributed by atoms with E-state index in [1.54, 1.807) is 6.20 Å². The molecule has 1 rings (SSSR count). The van der Waals surface area contributed by atoms with Gasteiger partial charge in [0.25, 0.3) is 0 Å². The average Bonchev–Trinajstić information content (AvgIpc) is 2.26. The summed E-state index contributed by atoms with van der Waals surface area (Å²) >= 11 is 3.45. The van der Waals surface area contributed by atoms with Gasteiger partial charge in [0.15, 0.2) is 0 Å². The molecule has 84 valence electrons. The summed E-state index contributed by atoms with van der Waals surface area (Å²) in [6.07, 6.45) is 3.62. The molecular weight excluding hydrogens is 256 g/mol. The van der Waals surface area contributed by atoms with Crippen molar-refractivity contribution in [1.82, 2.24) is 9.97 Å². The van der Waals surface area contributed by atoms with Crippen LogP contribution in [0, 0.1) is 0 Å². The molecule has 0 bridgehead atoms. The summed E-state index contributed by atoms with van der Waals surface area (Å²) in [7, 11) is 2.02. The van der Waals surface area contributed by atoms with Gasteiger partial charge in [0.2, 0.25) is 0 Å². The fourth-order valence-electron chi connectivity index (χ4n) is 1.27. The van der Waals surface area contributed by atoms with Gasteiger partial charge in [-0.2, -0.15) is 0 Å². The Hall–Kier alpha value is -0.680. The van der Waals surface area contributed by atoms with Crippen LogP contribution in [0.3, 0.4) is 0 Å². The second kappa shape index (κ2) is 6.02. The minimum Gasteiger partial charge on any atom is -0.359 e. The van der Waals surface area contributed by atoms with Crippen LogP contribution >= 0.6 is 15.9 Å². The van der Waals surface area contributed by atoms with E-state index in [4.69, 9.17) is 5.73 Å². The number of hydrogen-bond donors (Lipinski definition) is 1. The van der Waals surface area contributed by atoms with Gasteiger partial charge >= 0.3 is 0 Å². The van der Waals surface area contributed by atoms with Gasteiger partial charge in [-0.1, -0.05) is 6.92 Å². The Balaban J connectivity index is 2.81. The standard InChI is InChI=1S/C10H17BrN4/c1-3-9-13-7-8(11)10(14-9)15(2)6-4-5-12/h7H,3-6,12H2,1-2H3. The number of nitrogens with zero attached hydrogens (tertiary/aromatic N) is 3. The van der Waals surface area contributed by atoms with E-state index in [2.05, 4.69) is 30.8 Å². The lowest BCUT2D eigenvalue weighted by Gasteiger charge is -2.19. The van der Waals surface area contributed by atoms with E-state index in [9.17, 15) is 0 Å². The van der Waals surface area contributed by atoms with Crippen LogP contribution in [-0.2, 0) is 6.42 Å². The highest BCUT2D eigenvalue weighted by molar-refractivity contribution is 9.10. The lowest BCUT2D eigenvalue weighted by atomic mass is 10.4. The first kappa shape index (κ1) is 12.4. The number of halogens is 1. The number of anilines is 1. The first-order valence-corrected chi connectivity index (χ1v) is 5.91. The number of rotatable bonds is 5. The maximum Gasteiger partial charge on any atom is 0.146 e. The predicted molar refractivity (Wildman–Crippen MR) is 66.1 cm³/mol. The zero-order valence-electron chi connectivity index (χ0n) is 9.20. The lowest BCUT2D eigenvalue weighted by Crippen LogP contribution is -2.23. The van der Waals surface area contributed by atoms with Gasteiger partial charge in [0, 0.05) is 26.2 Å². The third-order valence-corrected chi connectivity index (χ3v) is 2.71. The van der Waals surface area contributed by atoms with Gasteiger partial charge in [-0.3, -0.25) is 0 Å². The van der Waals surface area contributed by atoms with Crippen molar-refractivity contribution < 1.29 is 0 Å². The molecule has 1 aromatic rings. The zero-order valence-corrected chi connectivity index (χ0v) is 10.8. The first-order chi connectivity index (χ1) is 7.19. The van der Waals surface area contributed by atoms with Crippen LogP contribution < -0.4 is 10.6 Å². The van der Waals surface area contributed by atoms with E-state index in [-0.39, 0.29) is 0 Å². The summed E-state index contributed by atoms with van der Waals surface area (Å²) in [5.41, 5.74) is 5.48. The molecule has 0 amide bonds. The number of nitrogens with two attached hydrogens (primary N) is 1. The van der Waals surface area contributed by atoms with Crippen LogP contribution in [0.15, 0.2) is 10.7 Å². The molecule has 0 radical (unpaired) electrons. The Bertz CT molecular complexity index is 316. The van der Waals surface area contributed by atoms with Crippen molar-refractivity contribution in [3.63, 3.8) is 0 Å². The van der Waals surface area contributed by atoms with Crippen LogP contribution in [0.4, 0.5) is 5.82 Å². The van der Waals surface area contributed by atoms with E-state index < -0.39 is 0 Å². The fourth-order valence-corrected chi connectivity index (χ4v) is 1.76. The van der Waals surface area contributed by atoms with Crippen molar-refractivity contribution in [2.75, 3.05) is 25.0 Å². The molecule has 0 unspecified atom stereocenters. The second-order valence-corrected chi connectivity index (χ2v) is 4.23. The SMILES string of the molecule is CCc1ncc(Br)c(N(C)CCCN)n1. The highest BCUT2D eigenvalue weighted by atomic mass is 79.9. The number of aromatic nitrogens is 2. The highest BCUT2D eigenvalue weighted by Gasteiger charge is 2.08. The number of aryl methyl sites for hydroxylation is 1. The average molecular weight is 273 g/mol. The fraction of sp³-hybridized carbons (Fsp3) is 0.600. The minimum atomic E-state index is 0.702. The molecule has 1 heterocycles. The van der Waals surface area contributed by atoms with Crippen molar-refractivity contribution in [2.45, 2.75) is 19.8 Å². The Morgan fingerprint density at radius 2 is 2.27 bits per heavy atom. The van der Waals surface area contributed by atoms with E-state index in [0.29, 0.717) is 6.54 Å². The summed E-state index contributed by atoms with van der Waals surface area (Å²) in [5.74, 6) is 1.81. The third-order valence-electron chi connectivity index (χ3n) is 2.15. The Labute approximate surface area is 99.0 Å². The Morgan fingerprint density at radius 1 is 1.53 bits per heavy atom. The summed E-state index contributed by atoms with van der Waals surface area (Å²) < 4.78 is 0.930. The maximum atomic E-state index is 5.48. The molecule has 2 N–H and O–H groups in total. The molecule has 0 aliphatic heterocycles. The molecule has 5 heteroatoms. The van der Waals surface area contributed by atoms with Gasteiger partial charge in [0.05, 0.1) is 4.47 Å². The van der Waals surface area contributed by atoms with Crippen LogP contribution in [0.25, 0.3) is 0 Å². The minimum absolute atomic E-state index is 0.702. The Kier molecular flexibility index (Phi) is 4.98. The van der Waals surface area contributed by atoms with Gasteiger partial charge in [-0.05, 0) is 28.9 Å². The lowest BCUT2D eigenvalue weighted by molar-refractivity contribution is 0.776. The van der Waals surface area contributed by atoms with Gasteiger partial charge in [-0.25, -0.2) is 9.97 Å². The largest absolute Gasteiger partial charge is 0.359 e. The summed E-state index contributed by atoms with van der Waals surface area (Å²) in [6.45, 7) is 3.66. The van der Waals surface area contributed by atoms with Crippen molar-refractivity contribution >= 4 is 21.7 Å². The van der Waals surface area contributed by atoms with Crippen LogP contribution in [0.1, 0.15) is 19.2 Å². The molecule has 0 aromatic carbocycles. The van der Waals surface area contributed by atoms with Crippen molar-refractivity contribution in [3.8, 4) is 0 Å². The Morgan fingerprint density at radius 3 is 2.87 bits per heavy atom. The molecule has 15 heavy (non-hydrogen) atoms. The molecular formula is C10H17BrN4. The molecule has 0 saturated carbocycles. The zero-order chi connectivity index (χ0) is 11.3. The summed E-state index contributed by atoms with van der Waals surface area (Å²) in [4.78, 5) is 10.8. The van der Waals surface area contributed by atoms with Crippen LogP contribution in [-0.4, -0.2) is 30.1 Å². The van der Waals surface area contributed by atoms with Crippen molar-refractivity contribution in [1.29, 1.82) is 0 Å². The second-order valence-electron chi connectivity index (χ2n) is 3.38. The maximum absolute atomic E-state index is 5.48.